The Kier molecular flexibility index (Phi) is 3.26. The van der Waals surface area contributed by atoms with Crippen LogP contribution < -0.4 is 0 Å². The van der Waals surface area contributed by atoms with Gasteiger partial charge in [-0.15, -0.1) is 0 Å². The van der Waals surface area contributed by atoms with Gasteiger partial charge in [-0.25, -0.2) is 0 Å². The van der Waals surface area contributed by atoms with E-state index in [1.54, 1.807) is 0 Å². The highest BCUT2D eigenvalue weighted by Crippen LogP contribution is 2.27. The van der Waals surface area contributed by atoms with Crippen molar-refractivity contribution in [3.8, 4) is 0 Å². The molecule has 1 fully saturated rings. The summed E-state index contributed by atoms with van der Waals surface area (Å²) in [5.74, 6) is 1.25. The lowest BCUT2D eigenvalue weighted by atomic mass is 10.0. The molecule has 0 bridgehead atoms. The van der Waals surface area contributed by atoms with E-state index >= 15 is 0 Å². The molecule has 1 rings (SSSR count). The summed E-state index contributed by atoms with van der Waals surface area (Å²) in [6.45, 7) is 8.81. The molecule has 1 saturated heterocycles. The molecule has 1 heterocycles. The first-order chi connectivity index (χ1) is 5.08. The van der Waals surface area contributed by atoms with E-state index in [0.29, 0.717) is 5.41 Å². The smallest absolute Gasteiger partial charge is 0.0585 e. The molecule has 2 heteroatoms. The number of rotatable bonds is 2. The lowest BCUT2D eigenvalue weighted by Crippen LogP contribution is -2.12. The van der Waals surface area contributed by atoms with Crippen LogP contribution in [0.15, 0.2) is 0 Å². The second kappa shape index (κ2) is 3.81. The third kappa shape index (κ3) is 4.02. The largest absolute Gasteiger partial charge is 0.380 e. The molecule has 1 aliphatic heterocycles. The topological polar surface area (TPSA) is 9.23 Å². The maximum atomic E-state index is 5.30. The Bertz CT molecular complexity index is 111. The van der Waals surface area contributed by atoms with Crippen molar-refractivity contribution in [1.82, 2.24) is 0 Å². The van der Waals surface area contributed by atoms with Gasteiger partial charge in [0, 0.05) is 11.9 Å². The van der Waals surface area contributed by atoms with Gasteiger partial charge in [-0.05, 0) is 17.6 Å². The molecule has 1 unspecified atom stereocenters. The quantitative estimate of drug-likeness (QED) is 0.636. The second-order valence-electron chi connectivity index (χ2n) is 4.36. The van der Waals surface area contributed by atoms with Crippen molar-refractivity contribution in [3.63, 3.8) is 0 Å². The summed E-state index contributed by atoms with van der Waals surface area (Å²) in [5.41, 5.74) is 0.466. The van der Waals surface area contributed by atoms with Crippen molar-refractivity contribution in [2.24, 2.45) is 5.41 Å². The van der Waals surface area contributed by atoms with Crippen LogP contribution in [0.5, 0.6) is 0 Å². The van der Waals surface area contributed by atoms with Crippen LogP contribution in [0, 0.1) is 5.41 Å². The van der Waals surface area contributed by atoms with Crippen LogP contribution in [-0.2, 0) is 4.74 Å². The Labute approximate surface area is 73.9 Å². The summed E-state index contributed by atoms with van der Waals surface area (Å²) in [4.78, 5) is 0. The first-order valence-corrected chi connectivity index (χ1v) is 5.32. The van der Waals surface area contributed by atoms with Crippen molar-refractivity contribution in [1.29, 1.82) is 0 Å². The Morgan fingerprint density at radius 2 is 2.18 bits per heavy atom. The fraction of sp³-hybridized carbons (Fsp3) is 1.00. The number of hydrogen-bond donors (Lipinski definition) is 0. The summed E-state index contributed by atoms with van der Waals surface area (Å²) in [7, 11) is 0. The zero-order valence-electron chi connectivity index (χ0n) is 7.72. The van der Waals surface area contributed by atoms with Crippen molar-refractivity contribution in [3.05, 3.63) is 0 Å². The average Bonchev–Trinajstić information content (AvgIpc) is 2.32. The minimum atomic E-state index is 0.466. The number of thioether (sulfide) groups is 1. The van der Waals surface area contributed by atoms with Gasteiger partial charge in [-0.1, -0.05) is 20.8 Å². The van der Waals surface area contributed by atoms with Gasteiger partial charge in [0.25, 0.3) is 0 Å². The van der Waals surface area contributed by atoms with E-state index in [1.165, 1.54) is 12.2 Å². The van der Waals surface area contributed by atoms with Crippen LogP contribution in [0.4, 0.5) is 0 Å². The first kappa shape index (κ1) is 9.40. The van der Waals surface area contributed by atoms with E-state index in [-0.39, 0.29) is 0 Å². The molecule has 1 atom stereocenters. The maximum absolute atomic E-state index is 5.30. The Morgan fingerprint density at radius 1 is 1.45 bits per heavy atom. The third-order valence-electron chi connectivity index (χ3n) is 1.64. The van der Waals surface area contributed by atoms with Crippen molar-refractivity contribution in [2.45, 2.75) is 32.4 Å². The summed E-state index contributed by atoms with van der Waals surface area (Å²) in [5, 5.41) is 0.772. The summed E-state index contributed by atoms with van der Waals surface area (Å²) in [6, 6.07) is 0. The molecule has 1 nitrogen and oxygen atoms in total. The van der Waals surface area contributed by atoms with Crippen molar-refractivity contribution in [2.75, 3.05) is 19.0 Å². The van der Waals surface area contributed by atoms with Crippen LogP contribution in [0.1, 0.15) is 27.2 Å². The highest BCUT2D eigenvalue weighted by Gasteiger charge is 2.19. The normalized spacial score (nSPS) is 25.9. The average molecular weight is 174 g/mol. The fourth-order valence-corrected chi connectivity index (χ4v) is 2.20. The van der Waals surface area contributed by atoms with Crippen LogP contribution in [0.25, 0.3) is 0 Å². The summed E-state index contributed by atoms with van der Waals surface area (Å²) in [6.07, 6.45) is 1.25. The molecular weight excluding hydrogens is 156 g/mol. The molecule has 0 N–H and O–H groups in total. The van der Waals surface area contributed by atoms with Gasteiger partial charge in [-0.3, -0.25) is 0 Å². The molecule has 0 radical (unpaired) electrons. The molecule has 1 aliphatic rings. The molecule has 0 aromatic rings. The minimum Gasteiger partial charge on any atom is -0.380 e. The van der Waals surface area contributed by atoms with Gasteiger partial charge in [0.2, 0.25) is 0 Å². The Morgan fingerprint density at radius 3 is 2.64 bits per heavy atom. The fourth-order valence-electron chi connectivity index (χ4n) is 1.01. The molecule has 0 spiro atoms. The summed E-state index contributed by atoms with van der Waals surface area (Å²) < 4.78 is 5.30. The maximum Gasteiger partial charge on any atom is 0.0585 e. The van der Waals surface area contributed by atoms with Crippen LogP contribution >= 0.6 is 11.8 Å². The Balaban J connectivity index is 2.11. The van der Waals surface area contributed by atoms with Gasteiger partial charge in [-0.2, -0.15) is 11.8 Å². The zero-order valence-corrected chi connectivity index (χ0v) is 8.54. The highest BCUT2D eigenvalue weighted by molar-refractivity contribution is 7.99. The van der Waals surface area contributed by atoms with Crippen LogP contribution in [-0.4, -0.2) is 24.2 Å². The lowest BCUT2D eigenvalue weighted by Gasteiger charge is -2.19. The standard InChI is InChI=1S/C9H18OS/c1-9(2,3)7-11-8-4-5-10-6-8/h8H,4-7H2,1-3H3. The van der Waals surface area contributed by atoms with E-state index < -0.39 is 0 Å². The molecular formula is C9H18OS. The van der Waals surface area contributed by atoms with E-state index in [2.05, 4.69) is 32.5 Å². The number of ether oxygens (including phenoxy) is 1. The molecule has 0 saturated carbocycles. The summed E-state index contributed by atoms with van der Waals surface area (Å²) >= 11 is 2.07. The van der Waals surface area contributed by atoms with E-state index in [9.17, 15) is 0 Å². The highest BCUT2D eigenvalue weighted by atomic mass is 32.2. The van der Waals surface area contributed by atoms with E-state index in [1.807, 2.05) is 0 Å². The van der Waals surface area contributed by atoms with Crippen molar-refractivity contribution >= 4 is 11.8 Å². The van der Waals surface area contributed by atoms with Crippen LogP contribution in [0.3, 0.4) is 0 Å². The third-order valence-corrected chi connectivity index (χ3v) is 3.52. The molecule has 0 aromatic carbocycles. The van der Waals surface area contributed by atoms with Gasteiger partial charge < -0.3 is 4.74 Å². The van der Waals surface area contributed by atoms with E-state index in [4.69, 9.17) is 4.74 Å². The second-order valence-corrected chi connectivity index (χ2v) is 5.65. The van der Waals surface area contributed by atoms with E-state index in [0.717, 1.165) is 18.5 Å². The SMILES string of the molecule is CC(C)(C)CSC1CCOC1. The molecule has 0 aliphatic carbocycles. The first-order valence-electron chi connectivity index (χ1n) is 4.27. The number of hydrogen-bond acceptors (Lipinski definition) is 2. The molecule has 66 valence electrons. The van der Waals surface area contributed by atoms with Gasteiger partial charge in [0.1, 0.15) is 0 Å². The Hall–Kier alpha value is 0.310. The monoisotopic (exact) mass is 174 g/mol. The predicted octanol–water partition coefficient (Wildman–Crippen LogP) is 2.55. The molecule has 0 amide bonds. The van der Waals surface area contributed by atoms with Crippen LogP contribution in [0.2, 0.25) is 0 Å². The molecule has 11 heavy (non-hydrogen) atoms. The van der Waals surface area contributed by atoms with Crippen molar-refractivity contribution < 1.29 is 4.74 Å². The van der Waals surface area contributed by atoms with Gasteiger partial charge in [0.05, 0.1) is 6.61 Å². The lowest BCUT2D eigenvalue weighted by molar-refractivity contribution is 0.199. The predicted molar refractivity (Wildman–Crippen MR) is 51.1 cm³/mol. The van der Waals surface area contributed by atoms with Gasteiger partial charge >= 0.3 is 0 Å². The minimum absolute atomic E-state index is 0.466. The zero-order chi connectivity index (χ0) is 8.32. The van der Waals surface area contributed by atoms with Gasteiger partial charge in [0.15, 0.2) is 0 Å². The molecule has 0 aromatic heterocycles.